The van der Waals surface area contributed by atoms with Crippen LogP contribution in [-0.4, -0.2) is 36.4 Å². The molecule has 0 unspecified atom stereocenters. The zero-order valence-electron chi connectivity index (χ0n) is 11.6. The molecule has 0 aliphatic carbocycles. The third kappa shape index (κ3) is 3.70. The molecule has 0 radical (unpaired) electrons. The van der Waals surface area contributed by atoms with Crippen molar-refractivity contribution in [1.82, 2.24) is 4.90 Å². The standard InChI is InChI=1S/C14H12F3NO3S/c1-18(2)13(20)12-6-5-11(22-12)8-3-4-9(19)10(7-8)21-14(15,16)17/h3-7,19H,1-2H3. The minimum absolute atomic E-state index is 0.193. The van der Waals surface area contributed by atoms with E-state index in [0.717, 1.165) is 23.5 Å². The van der Waals surface area contributed by atoms with Crippen molar-refractivity contribution in [2.45, 2.75) is 6.36 Å². The summed E-state index contributed by atoms with van der Waals surface area (Å²) in [6.07, 6.45) is -4.89. The Hall–Kier alpha value is -2.22. The smallest absolute Gasteiger partial charge is 0.504 e. The van der Waals surface area contributed by atoms with Gasteiger partial charge < -0.3 is 14.7 Å². The van der Waals surface area contributed by atoms with Gasteiger partial charge in [0.1, 0.15) is 0 Å². The van der Waals surface area contributed by atoms with Crippen LogP contribution >= 0.6 is 11.3 Å². The van der Waals surface area contributed by atoms with Gasteiger partial charge in [-0.15, -0.1) is 24.5 Å². The Morgan fingerprint density at radius 2 is 1.91 bits per heavy atom. The molecule has 0 aliphatic rings. The predicted molar refractivity (Wildman–Crippen MR) is 76.1 cm³/mol. The molecule has 1 amide bonds. The summed E-state index contributed by atoms with van der Waals surface area (Å²) < 4.78 is 40.6. The zero-order chi connectivity index (χ0) is 16.5. The number of thiophene rings is 1. The van der Waals surface area contributed by atoms with E-state index in [1.165, 1.54) is 11.0 Å². The van der Waals surface area contributed by atoms with Crippen LogP contribution < -0.4 is 4.74 Å². The molecule has 1 aromatic carbocycles. The maximum atomic E-state index is 12.3. The number of hydrogen-bond acceptors (Lipinski definition) is 4. The Labute approximate surface area is 128 Å². The summed E-state index contributed by atoms with van der Waals surface area (Å²) in [5.74, 6) is -1.48. The first kappa shape index (κ1) is 16.2. The summed E-state index contributed by atoms with van der Waals surface area (Å²) in [7, 11) is 3.22. The molecule has 0 bridgehead atoms. The van der Waals surface area contributed by atoms with Crippen LogP contribution in [0.1, 0.15) is 9.67 Å². The summed E-state index contributed by atoms with van der Waals surface area (Å²) in [6, 6.07) is 6.88. The highest BCUT2D eigenvalue weighted by Crippen LogP contribution is 2.37. The Balaban J connectivity index is 2.34. The van der Waals surface area contributed by atoms with Crippen molar-refractivity contribution in [3.05, 3.63) is 35.2 Å². The highest BCUT2D eigenvalue weighted by Gasteiger charge is 2.32. The number of aromatic hydroxyl groups is 1. The lowest BCUT2D eigenvalue weighted by atomic mass is 10.1. The lowest BCUT2D eigenvalue weighted by Gasteiger charge is -2.11. The first-order valence-corrected chi connectivity index (χ1v) is 6.89. The van der Waals surface area contributed by atoms with E-state index in [1.807, 2.05) is 0 Å². The van der Waals surface area contributed by atoms with Crippen molar-refractivity contribution < 1.29 is 27.8 Å². The number of amides is 1. The van der Waals surface area contributed by atoms with Gasteiger partial charge in [-0.3, -0.25) is 4.79 Å². The molecule has 22 heavy (non-hydrogen) atoms. The molecule has 0 fully saturated rings. The SMILES string of the molecule is CN(C)C(=O)c1ccc(-c2ccc(O)c(OC(F)(F)F)c2)s1. The number of halogens is 3. The molecule has 0 saturated carbocycles. The number of rotatable bonds is 3. The second-order valence-electron chi connectivity index (χ2n) is 4.59. The van der Waals surface area contributed by atoms with E-state index in [-0.39, 0.29) is 5.91 Å². The van der Waals surface area contributed by atoms with Gasteiger partial charge in [0.25, 0.3) is 5.91 Å². The monoisotopic (exact) mass is 331 g/mol. The number of phenols is 1. The normalized spacial score (nSPS) is 11.3. The van der Waals surface area contributed by atoms with Crippen molar-refractivity contribution in [1.29, 1.82) is 0 Å². The second kappa shape index (κ2) is 5.88. The molecular weight excluding hydrogens is 319 g/mol. The van der Waals surface area contributed by atoms with Crippen LogP contribution in [0, 0.1) is 0 Å². The molecule has 118 valence electrons. The van der Waals surface area contributed by atoms with Crippen LogP contribution in [0.5, 0.6) is 11.5 Å². The Morgan fingerprint density at radius 3 is 2.50 bits per heavy atom. The average molecular weight is 331 g/mol. The maximum absolute atomic E-state index is 12.3. The first-order chi connectivity index (χ1) is 10.2. The topological polar surface area (TPSA) is 49.8 Å². The lowest BCUT2D eigenvalue weighted by molar-refractivity contribution is -0.275. The van der Waals surface area contributed by atoms with Gasteiger partial charge in [0.05, 0.1) is 4.88 Å². The third-order valence-corrected chi connectivity index (χ3v) is 3.82. The van der Waals surface area contributed by atoms with Crippen molar-refractivity contribution in [3.8, 4) is 21.9 Å². The molecule has 0 spiro atoms. The Bertz CT molecular complexity index is 695. The number of benzene rings is 1. The van der Waals surface area contributed by atoms with E-state index in [4.69, 9.17) is 0 Å². The van der Waals surface area contributed by atoms with E-state index < -0.39 is 17.9 Å². The van der Waals surface area contributed by atoms with Gasteiger partial charge in [-0.05, 0) is 35.9 Å². The Morgan fingerprint density at radius 1 is 1.23 bits per heavy atom. The van der Waals surface area contributed by atoms with Crippen molar-refractivity contribution in [3.63, 3.8) is 0 Å². The summed E-state index contributed by atoms with van der Waals surface area (Å²) in [5, 5.41) is 9.43. The molecule has 1 aromatic heterocycles. The van der Waals surface area contributed by atoms with Gasteiger partial charge in [-0.2, -0.15) is 0 Å². The molecular formula is C14H12F3NO3S. The molecule has 0 atom stereocenters. The quantitative estimate of drug-likeness (QED) is 0.932. The van der Waals surface area contributed by atoms with E-state index in [2.05, 4.69) is 4.74 Å². The van der Waals surface area contributed by atoms with Crippen LogP contribution in [0.15, 0.2) is 30.3 Å². The van der Waals surface area contributed by atoms with Crippen LogP contribution in [0.2, 0.25) is 0 Å². The van der Waals surface area contributed by atoms with Crippen LogP contribution in [0.3, 0.4) is 0 Å². The molecule has 0 saturated heterocycles. The molecule has 1 N–H and O–H groups in total. The summed E-state index contributed by atoms with van der Waals surface area (Å²) in [5.41, 5.74) is 0.417. The highest BCUT2D eigenvalue weighted by molar-refractivity contribution is 7.17. The number of carbonyl (C=O) groups is 1. The number of ether oxygens (including phenoxy) is 1. The summed E-state index contributed by atoms with van der Waals surface area (Å²) >= 11 is 1.15. The van der Waals surface area contributed by atoms with Crippen LogP contribution in [0.25, 0.3) is 10.4 Å². The molecule has 4 nitrogen and oxygen atoms in total. The van der Waals surface area contributed by atoms with Crippen molar-refractivity contribution in [2.75, 3.05) is 14.1 Å². The fourth-order valence-corrected chi connectivity index (χ4v) is 2.73. The number of alkyl halides is 3. The van der Waals surface area contributed by atoms with Crippen LogP contribution in [-0.2, 0) is 0 Å². The van der Waals surface area contributed by atoms with Gasteiger partial charge in [0.15, 0.2) is 11.5 Å². The molecule has 0 aliphatic heterocycles. The number of hydrogen-bond donors (Lipinski definition) is 1. The van der Waals surface area contributed by atoms with Gasteiger partial charge in [0, 0.05) is 19.0 Å². The highest BCUT2D eigenvalue weighted by atomic mass is 32.1. The number of carbonyl (C=O) groups excluding carboxylic acids is 1. The molecule has 1 heterocycles. The molecule has 2 rings (SSSR count). The summed E-state index contributed by atoms with van der Waals surface area (Å²) in [6.45, 7) is 0. The Kier molecular flexibility index (Phi) is 4.32. The second-order valence-corrected chi connectivity index (χ2v) is 5.68. The summed E-state index contributed by atoms with van der Waals surface area (Å²) in [4.78, 5) is 14.3. The van der Waals surface area contributed by atoms with Crippen LogP contribution in [0.4, 0.5) is 13.2 Å². The first-order valence-electron chi connectivity index (χ1n) is 6.08. The predicted octanol–water partition coefficient (Wildman–Crippen LogP) is 3.72. The van der Waals surface area contributed by atoms with E-state index in [1.54, 1.807) is 26.2 Å². The van der Waals surface area contributed by atoms with Gasteiger partial charge in [-0.1, -0.05) is 0 Å². The fraction of sp³-hybridized carbons (Fsp3) is 0.214. The number of nitrogens with zero attached hydrogens (tertiary/aromatic N) is 1. The molecule has 2 aromatic rings. The van der Waals surface area contributed by atoms with Gasteiger partial charge in [0.2, 0.25) is 0 Å². The minimum Gasteiger partial charge on any atom is -0.504 e. The van der Waals surface area contributed by atoms with Crippen molar-refractivity contribution in [2.24, 2.45) is 0 Å². The lowest BCUT2D eigenvalue weighted by Crippen LogP contribution is -2.20. The van der Waals surface area contributed by atoms with Gasteiger partial charge in [-0.25, -0.2) is 0 Å². The van der Waals surface area contributed by atoms with Crippen molar-refractivity contribution >= 4 is 17.2 Å². The zero-order valence-corrected chi connectivity index (χ0v) is 12.5. The van der Waals surface area contributed by atoms with E-state index in [0.29, 0.717) is 15.3 Å². The van der Waals surface area contributed by atoms with E-state index >= 15 is 0 Å². The van der Waals surface area contributed by atoms with E-state index in [9.17, 15) is 23.1 Å². The fourth-order valence-electron chi connectivity index (χ4n) is 1.70. The average Bonchev–Trinajstić information content (AvgIpc) is 2.88. The third-order valence-electron chi connectivity index (χ3n) is 2.69. The minimum atomic E-state index is -4.89. The molecule has 8 heteroatoms. The van der Waals surface area contributed by atoms with Gasteiger partial charge >= 0.3 is 6.36 Å². The largest absolute Gasteiger partial charge is 0.573 e. The number of phenolic OH excluding ortho intramolecular Hbond substituents is 1. The maximum Gasteiger partial charge on any atom is 0.573 e.